The van der Waals surface area contributed by atoms with Crippen molar-refractivity contribution in [1.29, 1.82) is 5.26 Å². The highest BCUT2D eigenvalue weighted by Gasteiger charge is 2.49. The summed E-state index contributed by atoms with van der Waals surface area (Å²) in [4.78, 5) is 38.3. The lowest BCUT2D eigenvalue weighted by atomic mass is 9.91. The molecule has 0 saturated carbocycles. The van der Waals surface area contributed by atoms with Gasteiger partial charge in [0, 0.05) is 0 Å². The van der Waals surface area contributed by atoms with Gasteiger partial charge in [-0.1, -0.05) is 41.4 Å². The van der Waals surface area contributed by atoms with Crippen LogP contribution in [0.1, 0.15) is 18.1 Å². The van der Waals surface area contributed by atoms with E-state index in [4.69, 9.17) is 28.5 Å². The van der Waals surface area contributed by atoms with Crippen LogP contribution >= 0.6 is 23.2 Å². The van der Waals surface area contributed by atoms with E-state index in [1.54, 1.807) is 49.4 Å². The third-order valence-electron chi connectivity index (χ3n) is 4.39. The Kier molecular flexibility index (Phi) is 5.27. The van der Waals surface area contributed by atoms with Gasteiger partial charge < -0.3 is 10.6 Å². The molecule has 3 rings (SSSR count). The molecule has 0 bridgehead atoms. The number of anilines is 1. The first-order valence-electron chi connectivity index (χ1n) is 8.15. The van der Waals surface area contributed by atoms with Crippen LogP contribution in [0.2, 0.25) is 10.0 Å². The quantitative estimate of drug-likeness (QED) is 0.746. The predicted octanol–water partition coefficient (Wildman–Crippen LogP) is 3.27. The summed E-state index contributed by atoms with van der Waals surface area (Å²) in [7, 11) is 0. The van der Waals surface area contributed by atoms with Crippen LogP contribution in [0.3, 0.4) is 0 Å². The Morgan fingerprint density at radius 2 is 1.89 bits per heavy atom. The molecule has 28 heavy (non-hydrogen) atoms. The Morgan fingerprint density at radius 3 is 2.54 bits per heavy atom. The van der Waals surface area contributed by atoms with Gasteiger partial charge in [0.25, 0.3) is 5.91 Å². The molecule has 1 saturated heterocycles. The molecular weight excluding hydrogens is 403 g/mol. The van der Waals surface area contributed by atoms with Gasteiger partial charge in [-0.15, -0.1) is 0 Å². The van der Waals surface area contributed by atoms with E-state index < -0.39 is 29.9 Å². The number of hydrogen-bond acceptors (Lipinski definition) is 4. The highest BCUT2D eigenvalue weighted by Crippen LogP contribution is 2.31. The molecule has 1 aliphatic heterocycles. The SMILES string of the molecule is CC1(c2ccc(C#N)cc2)NC(=O)N(CC(=O)Nc2cccc(Cl)c2Cl)C1=O. The third-order valence-corrected chi connectivity index (χ3v) is 5.21. The average molecular weight is 417 g/mol. The zero-order chi connectivity index (χ0) is 20.5. The fourth-order valence-electron chi connectivity index (χ4n) is 2.85. The van der Waals surface area contributed by atoms with Crippen molar-refractivity contribution in [3.05, 3.63) is 63.6 Å². The minimum atomic E-state index is -1.33. The number of rotatable bonds is 4. The molecule has 0 spiro atoms. The van der Waals surface area contributed by atoms with E-state index in [0.29, 0.717) is 11.1 Å². The highest BCUT2D eigenvalue weighted by molar-refractivity contribution is 6.44. The van der Waals surface area contributed by atoms with Crippen molar-refractivity contribution in [3.63, 3.8) is 0 Å². The normalized spacial score (nSPS) is 18.6. The summed E-state index contributed by atoms with van der Waals surface area (Å²) >= 11 is 11.9. The van der Waals surface area contributed by atoms with Crippen LogP contribution in [-0.2, 0) is 15.1 Å². The number of carbonyl (C=O) groups is 3. The van der Waals surface area contributed by atoms with Crippen LogP contribution < -0.4 is 10.6 Å². The Bertz CT molecular complexity index is 1020. The van der Waals surface area contributed by atoms with Gasteiger partial charge in [0.2, 0.25) is 5.91 Å². The van der Waals surface area contributed by atoms with Crippen molar-refractivity contribution in [3.8, 4) is 6.07 Å². The molecule has 1 atom stereocenters. The Morgan fingerprint density at radius 1 is 1.21 bits per heavy atom. The average Bonchev–Trinajstić information content (AvgIpc) is 2.89. The molecule has 7 nitrogen and oxygen atoms in total. The van der Waals surface area contributed by atoms with E-state index in [1.807, 2.05) is 6.07 Å². The highest BCUT2D eigenvalue weighted by atomic mass is 35.5. The molecule has 142 valence electrons. The molecule has 2 N–H and O–H groups in total. The van der Waals surface area contributed by atoms with Crippen molar-refractivity contribution >= 4 is 46.7 Å². The third kappa shape index (κ3) is 3.52. The lowest BCUT2D eigenvalue weighted by Crippen LogP contribution is -2.42. The van der Waals surface area contributed by atoms with Gasteiger partial charge in [-0.3, -0.25) is 14.5 Å². The zero-order valence-corrected chi connectivity index (χ0v) is 16.1. The van der Waals surface area contributed by atoms with Crippen molar-refractivity contribution in [2.45, 2.75) is 12.5 Å². The van der Waals surface area contributed by atoms with Gasteiger partial charge in [0.05, 0.1) is 27.4 Å². The van der Waals surface area contributed by atoms with E-state index in [1.165, 1.54) is 0 Å². The van der Waals surface area contributed by atoms with E-state index in [0.717, 1.165) is 4.90 Å². The molecule has 2 aromatic rings. The number of halogens is 2. The maximum absolute atomic E-state index is 12.9. The molecule has 9 heteroatoms. The van der Waals surface area contributed by atoms with Gasteiger partial charge in [0.15, 0.2) is 0 Å². The molecule has 1 fully saturated rings. The maximum Gasteiger partial charge on any atom is 0.325 e. The maximum atomic E-state index is 12.9. The number of hydrogen-bond donors (Lipinski definition) is 2. The van der Waals surface area contributed by atoms with Crippen molar-refractivity contribution < 1.29 is 14.4 Å². The lowest BCUT2D eigenvalue weighted by Gasteiger charge is -2.22. The molecular formula is C19H14Cl2N4O3. The second-order valence-electron chi connectivity index (χ2n) is 6.29. The summed E-state index contributed by atoms with van der Waals surface area (Å²) in [5, 5.41) is 14.5. The first-order valence-corrected chi connectivity index (χ1v) is 8.90. The summed E-state index contributed by atoms with van der Waals surface area (Å²) in [5.41, 5.74) is -0.121. The smallest absolute Gasteiger partial charge is 0.323 e. The standard InChI is InChI=1S/C19H14Cl2N4O3/c1-19(12-7-5-11(9-22)6-8-12)17(27)25(18(28)24-19)10-15(26)23-14-4-2-3-13(20)16(14)21/h2-8H,10H2,1H3,(H,23,26)(H,24,28). The minimum absolute atomic E-state index is 0.164. The Labute approximate surface area is 170 Å². The topological polar surface area (TPSA) is 102 Å². The van der Waals surface area contributed by atoms with Gasteiger partial charge in [-0.25, -0.2) is 4.79 Å². The van der Waals surface area contributed by atoms with Crippen LogP contribution in [0.15, 0.2) is 42.5 Å². The number of nitrogens with one attached hydrogen (secondary N) is 2. The van der Waals surface area contributed by atoms with Crippen molar-refractivity contribution in [2.75, 3.05) is 11.9 Å². The molecule has 1 aliphatic rings. The number of benzene rings is 2. The fraction of sp³-hybridized carbons (Fsp3) is 0.158. The number of imide groups is 1. The number of amides is 4. The molecule has 0 aliphatic carbocycles. The molecule has 1 heterocycles. The molecule has 4 amide bonds. The zero-order valence-electron chi connectivity index (χ0n) is 14.6. The first-order chi connectivity index (χ1) is 13.3. The van der Waals surface area contributed by atoms with Gasteiger partial charge in [-0.05, 0) is 36.8 Å². The van der Waals surface area contributed by atoms with Crippen LogP contribution in [0.4, 0.5) is 10.5 Å². The largest absolute Gasteiger partial charge is 0.325 e. The summed E-state index contributed by atoms with van der Waals surface area (Å²) < 4.78 is 0. The number of nitrogens with zero attached hydrogens (tertiary/aromatic N) is 2. The monoisotopic (exact) mass is 416 g/mol. The van der Waals surface area contributed by atoms with E-state index in [9.17, 15) is 14.4 Å². The van der Waals surface area contributed by atoms with Crippen LogP contribution in [0.25, 0.3) is 0 Å². The van der Waals surface area contributed by atoms with Crippen molar-refractivity contribution in [1.82, 2.24) is 10.2 Å². The van der Waals surface area contributed by atoms with E-state index in [2.05, 4.69) is 10.6 Å². The fourth-order valence-corrected chi connectivity index (χ4v) is 3.20. The van der Waals surface area contributed by atoms with Crippen LogP contribution in [0, 0.1) is 11.3 Å². The van der Waals surface area contributed by atoms with Crippen LogP contribution in [-0.4, -0.2) is 29.3 Å². The number of carbonyl (C=O) groups excluding carboxylic acids is 3. The molecule has 1 unspecified atom stereocenters. The molecule has 2 aromatic carbocycles. The van der Waals surface area contributed by atoms with Crippen molar-refractivity contribution in [2.24, 2.45) is 0 Å². The molecule has 0 radical (unpaired) electrons. The second-order valence-corrected chi connectivity index (χ2v) is 7.07. The van der Waals surface area contributed by atoms with Gasteiger partial charge in [0.1, 0.15) is 12.1 Å². The Balaban J connectivity index is 1.77. The minimum Gasteiger partial charge on any atom is -0.323 e. The van der Waals surface area contributed by atoms with E-state index in [-0.39, 0.29) is 15.7 Å². The number of urea groups is 1. The second kappa shape index (κ2) is 7.50. The summed E-state index contributed by atoms with van der Waals surface area (Å²) in [6.07, 6.45) is 0. The van der Waals surface area contributed by atoms with Crippen LogP contribution in [0.5, 0.6) is 0 Å². The summed E-state index contributed by atoms with van der Waals surface area (Å²) in [6, 6.07) is 12.3. The molecule has 0 aromatic heterocycles. The summed E-state index contributed by atoms with van der Waals surface area (Å²) in [6.45, 7) is 1.06. The lowest BCUT2D eigenvalue weighted by molar-refractivity contribution is -0.133. The summed E-state index contributed by atoms with van der Waals surface area (Å²) in [5.74, 6) is -1.17. The van der Waals surface area contributed by atoms with Gasteiger partial charge in [-0.2, -0.15) is 5.26 Å². The van der Waals surface area contributed by atoms with Gasteiger partial charge >= 0.3 is 6.03 Å². The van der Waals surface area contributed by atoms with E-state index >= 15 is 0 Å². The predicted molar refractivity (Wildman–Crippen MR) is 104 cm³/mol. The first kappa shape index (κ1) is 19.7. The Hall–Kier alpha value is -3.08. The number of nitriles is 1.